The van der Waals surface area contributed by atoms with E-state index in [1.54, 1.807) is 13.2 Å². The van der Waals surface area contributed by atoms with Gasteiger partial charge in [-0.3, -0.25) is 0 Å². The fraction of sp³-hybridized carbons (Fsp3) is 0.643. The number of aromatic nitrogens is 1. The van der Waals surface area contributed by atoms with Gasteiger partial charge in [0.05, 0.1) is 6.20 Å². The van der Waals surface area contributed by atoms with Crippen LogP contribution in [-0.2, 0) is 9.47 Å². The van der Waals surface area contributed by atoms with Crippen molar-refractivity contribution in [3.8, 4) is 5.75 Å². The van der Waals surface area contributed by atoms with Crippen LogP contribution >= 0.6 is 0 Å². The third-order valence-electron chi connectivity index (χ3n) is 3.54. The van der Waals surface area contributed by atoms with E-state index in [2.05, 4.69) is 9.88 Å². The number of nitrogens with zero attached hydrogens (tertiary/aromatic N) is 2. The molecule has 2 heterocycles. The number of rotatable bonds is 5. The van der Waals surface area contributed by atoms with Gasteiger partial charge in [-0.15, -0.1) is 0 Å². The van der Waals surface area contributed by atoms with Gasteiger partial charge in [0.15, 0.2) is 6.29 Å². The second kappa shape index (κ2) is 6.73. The van der Waals surface area contributed by atoms with Crippen LogP contribution in [0, 0.1) is 5.92 Å². The summed E-state index contributed by atoms with van der Waals surface area (Å²) >= 11 is 0. The van der Waals surface area contributed by atoms with Crippen LogP contribution in [-0.4, -0.2) is 43.2 Å². The van der Waals surface area contributed by atoms with Gasteiger partial charge in [-0.2, -0.15) is 0 Å². The molecule has 5 heteroatoms. The first-order valence-corrected chi connectivity index (χ1v) is 6.79. The Kier molecular flexibility index (Phi) is 4.99. The molecule has 1 aliphatic heterocycles. The fourth-order valence-corrected chi connectivity index (χ4v) is 2.53. The first-order chi connectivity index (χ1) is 9.24. The monoisotopic (exact) mass is 266 g/mol. The maximum atomic E-state index is 9.25. The van der Waals surface area contributed by atoms with Crippen molar-refractivity contribution in [2.75, 3.05) is 31.7 Å². The van der Waals surface area contributed by atoms with Gasteiger partial charge in [-0.1, -0.05) is 0 Å². The fourth-order valence-electron chi connectivity index (χ4n) is 2.53. The molecule has 19 heavy (non-hydrogen) atoms. The van der Waals surface area contributed by atoms with Gasteiger partial charge in [0.2, 0.25) is 0 Å². The highest BCUT2D eigenvalue weighted by molar-refractivity contribution is 5.40. The summed E-state index contributed by atoms with van der Waals surface area (Å²) in [5.74, 6) is 1.56. The second-order valence-corrected chi connectivity index (χ2v) is 4.76. The van der Waals surface area contributed by atoms with Gasteiger partial charge in [0, 0.05) is 32.7 Å². The summed E-state index contributed by atoms with van der Waals surface area (Å²) in [6.07, 6.45) is 3.45. The normalized spacial score (nSPS) is 18.5. The van der Waals surface area contributed by atoms with E-state index in [0.717, 1.165) is 31.7 Å². The molecule has 0 aromatic carbocycles. The number of aromatic hydroxyl groups is 1. The molecule has 5 nitrogen and oxygen atoms in total. The highest BCUT2D eigenvalue weighted by atomic mass is 16.7. The molecule has 0 amide bonds. The van der Waals surface area contributed by atoms with Crippen molar-refractivity contribution >= 4 is 5.82 Å². The molecule has 1 aromatic heterocycles. The van der Waals surface area contributed by atoms with Gasteiger partial charge in [-0.25, -0.2) is 4.98 Å². The average molecular weight is 266 g/mol. The lowest BCUT2D eigenvalue weighted by molar-refractivity contribution is -0.156. The number of ether oxygens (including phenoxy) is 2. The number of pyridine rings is 1. The summed E-state index contributed by atoms with van der Waals surface area (Å²) in [4.78, 5) is 6.47. The van der Waals surface area contributed by atoms with Crippen LogP contribution in [0.5, 0.6) is 5.75 Å². The van der Waals surface area contributed by atoms with Gasteiger partial charge in [0.1, 0.15) is 11.6 Å². The number of hydrogen-bond donors (Lipinski definition) is 1. The Morgan fingerprint density at radius 3 is 2.68 bits per heavy atom. The van der Waals surface area contributed by atoms with Crippen molar-refractivity contribution in [3.05, 3.63) is 18.3 Å². The molecule has 1 N–H and O–H groups in total. The number of piperidine rings is 1. The van der Waals surface area contributed by atoms with Crippen molar-refractivity contribution in [3.63, 3.8) is 0 Å². The lowest BCUT2D eigenvalue weighted by atomic mass is 9.96. The van der Waals surface area contributed by atoms with E-state index < -0.39 is 0 Å². The van der Waals surface area contributed by atoms with E-state index >= 15 is 0 Å². The zero-order valence-corrected chi connectivity index (χ0v) is 11.6. The molecule has 1 saturated heterocycles. The minimum atomic E-state index is -0.0973. The van der Waals surface area contributed by atoms with Crippen molar-refractivity contribution in [2.45, 2.75) is 26.1 Å². The standard InChI is InChI=1S/C14H22N2O3/c1-3-19-14(18-2)11-6-8-16(9-7-11)13-5-4-12(17)10-15-13/h4-5,10-11,14,17H,3,6-9H2,1-2H3. The topological polar surface area (TPSA) is 54.8 Å². The molecular weight excluding hydrogens is 244 g/mol. The Hall–Kier alpha value is -1.33. The van der Waals surface area contributed by atoms with Crippen LogP contribution < -0.4 is 4.90 Å². The lowest BCUT2D eigenvalue weighted by Gasteiger charge is -2.35. The van der Waals surface area contributed by atoms with E-state index in [9.17, 15) is 5.11 Å². The zero-order valence-electron chi connectivity index (χ0n) is 11.6. The van der Waals surface area contributed by atoms with Crippen LogP contribution in [0.3, 0.4) is 0 Å². The van der Waals surface area contributed by atoms with Crippen LogP contribution in [0.2, 0.25) is 0 Å². The van der Waals surface area contributed by atoms with E-state index in [1.165, 1.54) is 6.20 Å². The molecule has 0 radical (unpaired) electrons. The Bertz CT molecular complexity index is 375. The molecule has 0 aliphatic carbocycles. The Morgan fingerprint density at radius 2 is 2.16 bits per heavy atom. The summed E-state index contributed by atoms with van der Waals surface area (Å²) in [5, 5.41) is 9.25. The SMILES string of the molecule is CCOC(OC)C1CCN(c2ccc(O)cn2)CC1. The third kappa shape index (κ3) is 3.58. The molecule has 2 rings (SSSR count). The molecule has 1 aliphatic rings. The summed E-state index contributed by atoms with van der Waals surface area (Å²) in [7, 11) is 1.70. The minimum Gasteiger partial charge on any atom is -0.506 e. The average Bonchev–Trinajstić information content (AvgIpc) is 2.46. The van der Waals surface area contributed by atoms with Gasteiger partial charge < -0.3 is 19.5 Å². The highest BCUT2D eigenvalue weighted by Gasteiger charge is 2.27. The maximum Gasteiger partial charge on any atom is 0.160 e. The van der Waals surface area contributed by atoms with Gasteiger partial charge in [0.25, 0.3) is 0 Å². The number of hydrogen-bond acceptors (Lipinski definition) is 5. The second-order valence-electron chi connectivity index (χ2n) is 4.76. The predicted molar refractivity (Wildman–Crippen MR) is 73.3 cm³/mol. The van der Waals surface area contributed by atoms with Crippen molar-refractivity contribution in [1.82, 2.24) is 4.98 Å². The molecule has 106 valence electrons. The first kappa shape index (κ1) is 14.1. The summed E-state index contributed by atoms with van der Waals surface area (Å²) in [5.41, 5.74) is 0. The zero-order chi connectivity index (χ0) is 13.7. The lowest BCUT2D eigenvalue weighted by Crippen LogP contribution is -2.39. The van der Waals surface area contributed by atoms with Crippen LogP contribution in [0.15, 0.2) is 18.3 Å². The summed E-state index contributed by atoms with van der Waals surface area (Å²) in [6, 6.07) is 3.53. The molecule has 1 fully saturated rings. The molecule has 0 spiro atoms. The van der Waals surface area contributed by atoms with E-state index in [-0.39, 0.29) is 12.0 Å². The molecule has 0 saturated carbocycles. The van der Waals surface area contributed by atoms with Crippen LogP contribution in [0.4, 0.5) is 5.82 Å². The maximum absolute atomic E-state index is 9.25. The van der Waals surface area contributed by atoms with Crippen LogP contribution in [0.1, 0.15) is 19.8 Å². The Morgan fingerprint density at radius 1 is 1.42 bits per heavy atom. The highest BCUT2D eigenvalue weighted by Crippen LogP contribution is 2.26. The third-order valence-corrected chi connectivity index (χ3v) is 3.54. The smallest absolute Gasteiger partial charge is 0.160 e. The first-order valence-electron chi connectivity index (χ1n) is 6.79. The quantitative estimate of drug-likeness (QED) is 0.826. The van der Waals surface area contributed by atoms with E-state index in [4.69, 9.17) is 9.47 Å². The van der Waals surface area contributed by atoms with Crippen molar-refractivity contribution in [1.29, 1.82) is 0 Å². The van der Waals surface area contributed by atoms with Crippen LogP contribution in [0.25, 0.3) is 0 Å². The predicted octanol–water partition coefficient (Wildman–Crippen LogP) is 2.01. The summed E-state index contributed by atoms with van der Waals surface area (Å²) < 4.78 is 11.0. The van der Waals surface area contributed by atoms with E-state index in [0.29, 0.717) is 12.5 Å². The Balaban J connectivity index is 1.89. The van der Waals surface area contributed by atoms with Crippen molar-refractivity contribution in [2.24, 2.45) is 5.92 Å². The molecule has 1 aromatic rings. The summed E-state index contributed by atoms with van der Waals surface area (Å²) in [6.45, 7) is 4.55. The van der Waals surface area contributed by atoms with Crippen molar-refractivity contribution < 1.29 is 14.6 Å². The van der Waals surface area contributed by atoms with E-state index in [1.807, 2.05) is 13.0 Å². The molecular formula is C14H22N2O3. The number of anilines is 1. The Labute approximate surface area is 114 Å². The molecule has 0 bridgehead atoms. The molecule has 1 atom stereocenters. The number of methoxy groups -OCH3 is 1. The largest absolute Gasteiger partial charge is 0.506 e. The van der Waals surface area contributed by atoms with Gasteiger partial charge >= 0.3 is 0 Å². The van der Waals surface area contributed by atoms with Gasteiger partial charge in [-0.05, 0) is 31.9 Å². The minimum absolute atomic E-state index is 0.0973. The molecule has 1 unspecified atom stereocenters.